The van der Waals surface area contributed by atoms with Gasteiger partial charge in [0.2, 0.25) is 11.8 Å². The van der Waals surface area contributed by atoms with Crippen molar-refractivity contribution in [2.75, 3.05) is 19.7 Å². The minimum absolute atomic E-state index is 0.174. The van der Waals surface area contributed by atoms with E-state index in [1.807, 2.05) is 0 Å². The van der Waals surface area contributed by atoms with Gasteiger partial charge >= 0.3 is 0 Å². The van der Waals surface area contributed by atoms with Gasteiger partial charge in [0.1, 0.15) is 6.04 Å². The van der Waals surface area contributed by atoms with E-state index < -0.39 is 37.4 Å². The van der Waals surface area contributed by atoms with Gasteiger partial charge in [-0.3, -0.25) is 9.59 Å². The monoisotopic (exact) mass is 238 g/mol. The Labute approximate surface area is 92.4 Å². The fourth-order valence-corrected chi connectivity index (χ4v) is 1.22. The van der Waals surface area contributed by atoms with Crippen LogP contribution in [0.4, 0.5) is 8.78 Å². The smallest absolute Gasteiger partial charge is 0.255 e. The highest BCUT2D eigenvalue weighted by Crippen LogP contribution is 2.01. The normalized spacial score (nSPS) is 12.4. The number of alkyl halides is 2. The van der Waals surface area contributed by atoms with Crippen molar-refractivity contribution in [3.8, 4) is 0 Å². The molecular weight excluding hydrogens is 222 g/mol. The number of carbonyl (C=O) groups excluding carboxylic acids is 2. The van der Waals surface area contributed by atoms with Crippen LogP contribution in [0.3, 0.4) is 0 Å². The molecule has 0 aliphatic heterocycles. The van der Waals surface area contributed by atoms with E-state index in [1.54, 1.807) is 0 Å². The topological polar surface area (TPSA) is 69.6 Å². The Morgan fingerprint density at radius 2 is 2.00 bits per heavy atom. The number of halogens is 2. The van der Waals surface area contributed by atoms with Crippen LogP contribution in [0.2, 0.25) is 0 Å². The number of rotatable bonds is 6. The second-order valence-corrected chi connectivity index (χ2v) is 3.32. The van der Waals surface area contributed by atoms with Crippen molar-refractivity contribution in [1.29, 1.82) is 0 Å². The molecule has 0 heterocycles. The van der Waals surface area contributed by atoms with Crippen LogP contribution < -0.4 is 5.32 Å². The van der Waals surface area contributed by atoms with Gasteiger partial charge in [0.15, 0.2) is 0 Å². The van der Waals surface area contributed by atoms with Crippen LogP contribution in [0, 0.1) is 0 Å². The summed E-state index contributed by atoms with van der Waals surface area (Å²) in [4.78, 5) is 23.1. The molecule has 5 nitrogen and oxygen atoms in total. The molecule has 94 valence electrons. The van der Waals surface area contributed by atoms with Gasteiger partial charge in [-0.2, -0.15) is 0 Å². The Kier molecular flexibility index (Phi) is 6.55. The van der Waals surface area contributed by atoms with Crippen LogP contribution in [-0.4, -0.2) is 54.0 Å². The van der Waals surface area contributed by atoms with E-state index >= 15 is 0 Å². The average molecular weight is 238 g/mol. The Hall–Kier alpha value is -1.24. The van der Waals surface area contributed by atoms with E-state index in [-0.39, 0.29) is 6.54 Å². The van der Waals surface area contributed by atoms with Crippen molar-refractivity contribution in [3.63, 3.8) is 0 Å². The summed E-state index contributed by atoms with van der Waals surface area (Å²) in [5.74, 6) is -1.05. The molecule has 0 spiro atoms. The Balaban J connectivity index is 4.40. The molecule has 0 aromatic carbocycles. The summed E-state index contributed by atoms with van der Waals surface area (Å²) in [7, 11) is 0. The number of amides is 2. The number of nitrogens with zero attached hydrogens (tertiary/aromatic N) is 1. The lowest BCUT2D eigenvalue weighted by Gasteiger charge is -2.24. The summed E-state index contributed by atoms with van der Waals surface area (Å²) < 4.78 is 24.3. The molecule has 0 bridgehead atoms. The van der Waals surface area contributed by atoms with Gasteiger partial charge in [-0.1, -0.05) is 0 Å². The summed E-state index contributed by atoms with van der Waals surface area (Å²) in [6.45, 7) is 1.31. The molecule has 2 N–H and O–H groups in total. The SMILES string of the molecule is CC(=O)NC(C)C(=O)N(CCO)CC(F)F. The molecule has 0 fully saturated rings. The minimum Gasteiger partial charge on any atom is -0.395 e. The van der Waals surface area contributed by atoms with E-state index in [9.17, 15) is 18.4 Å². The van der Waals surface area contributed by atoms with Crippen LogP contribution in [0.5, 0.6) is 0 Å². The van der Waals surface area contributed by atoms with E-state index in [1.165, 1.54) is 13.8 Å². The summed E-state index contributed by atoms with van der Waals surface area (Å²) >= 11 is 0. The molecule has 0 rings (SSSR count). The first kappa shape index (κ1) is 14.8. The highest BCUT2D eigenvalue weighted by molar-refractivity contribution is 5.86. The zero-order valence-corrected chi connectivity index (χ0v) is 9.24. The van der Waals surface area contributed by atoms with Gasteiger partial charge in [0, 0.05) is 13.5 Å². The lowest BCUT2D eigenvalue weighted by atomic mass is 10.2. The van der Waals surface area contributed by atoms with Crippen LogP contribution in [-0.2, 0) is 9.59 Å². The molecule has 0 aromatic rings. The third-order valence-corrected chi connectivity index (χ3v) is 1.83. The third-order valence-electron chi connectivity index (χ3n) is 1.83. The predicted octanol–water partition coefficient (Wildman–Crippen LogP) is -0.403. The largest absolute Gasteiger partial charge is 0.395 e. The number of hydrogen-bond acceptors (Lipinski definition) is 3. The molecule has 7 heteroatoms. The second kappa shape index (κ2) is 7.10. The average Bonchev–Trinajstić information content (AvgIpc) is 2.14. The van der Waals surface area contributed by atoms with Gasteiger partial charge in [-0.05, 0) is 6.92 Å². The van der Waals surface area contributed by atoms with Gasteiger partial charge in [0.05, 0.1) is 13.2 Å². The first-order valence-electron chi connectivity index (χ1n) is 4.83. The first-order chi connectivity index (χ1) is 7.38. The number of carbonyl (C=O) groups is 2. The van der Waals surface area contributed by atoms with Crippen LogP contribution in [0.1, 0.15) is 13.8 Å². The Morgan fingerprint density at radius 3 is 2.38 bits per heavy atom. The Morgan fingerprint density at radius 1 is 1.44 bits per heavy atom. The standard InChI is InChI=1S/C9H16F2N2O3/c1-6(12-7(2)15)9(16)13(3-4-14)5-8(10)11/h6,8,14H,3-5H2,1-2H3,(H,12,15). The molecule has 0 aliphatic rings. The zero-order chi connectivity index (χ0) is 12.7. The molecule has 16 heavy (non-hydrogen) atoms. The third kappa shape index (κ3) is 5.59. The number of nitrogens with one attached hydrogen (secondary N) is 1. The summed E-state index contributed by atoms with van der Waals surface area (Å²) in [6.07, 6.45) is -2.67. The summed E-state index contributed by atoms with van der Waals surface area (Å²) in [5, 5.41) is 10.9. The molecule has 1 atom stereocenters. The highest BCUT2D eigenvalue weighted by atomic mass is 19.3. The van der Waals surface area contributed by atoms with E-state index in [0.29, 0.717) is 0 Å². The van der Waals surface area contributed by atoms with E-state index in [4.69, 9.17) is 5.11 Å². The highest BCUT2D eigenvalue weighted by Gasteiger charge is 2.23. The maximum Gasteiger partial charge on any atom is 0.255 e. The van der Waals surface area contributed by atoms with Crippen molar-refractivity contribution in [2.24, 2.45) is 0 Å². The second-order valence-electron chi connectivity index (χ2n) is 3.32. The number of aliphatic hydroxyl groups excluding tert-OH is 1. The summed E-state index contributed by atoms with van der Waals surface area (Å²) in [5.41, 5.74) is 0. The first-order valence-corrected chi connectivity index (χ1v) is 4.83. The molecule has 2 amide bonds. The predicted molar refractivity (Wildman–Crippen MR) is 52.9 cm³/mol. The maximum absolute atomic E-state index is 12.1. The van der Waals surface area contributed by atoms with Gasteiger partial charge in [0.25, 0.3) is 6.43 Å². The fraction of sp³-hybridized carbons (Fsp3) is 0.778. The zero-order valence-electron chi connectivity index (χ0n) is 9.24. The lowest BCUT2D eigenvalue weighted by molar-refractivity contribution is -0.137. The maximum atomic E-state index is 12.1. The molecule has 0 saturated carbocycles. The molecule has 0 aromatic heterocycles. The fourth-order valence-electron chi connectivity index (χ4n) is 1.22. The molecule has 1 unspecified atom stereocenters. The van der Waals surface area contributed by atoms with Crippen LogP contribution in [0.15, 0.2) is 0 Å². The Bertz CT molecular complexity index is 249. The molecule has 0 aliphatic carbocycles. The van der Waals surface area contributed by atoms with Crippen molar-refractivity contribution in [1.82, 2.24) is 10.2 Å². The van der Waals surface area contributed by atoms with Crippen molar-refractivity contribution >= 4 is 11.8 Å². The molecular formula is C9H16F2N2O3. The molecule has 0 saturated heterocycles. The minimum atomic E-state index is -2.67. The van der Waals surface area contributed by atoms with Crippen molar-refractivity contribution in [3.05, 3.63) is 0 Å². The van der Waals surface area contributed by atoms with Crippen molar-refractivity contribution < 1.29 is 23.5 Å². The molecule has 0 radical (unpaired) electrons. The number of hydrogen-bond donors (Lipinski definition) is 2. The van der Waals surface area contributed by atoms with Crippen LogP contribution in [0.25, 0.3) is 0 Å². The van der Waals surface area contributed by atoms with E-state index in [2.05, 4.69) is 5.32 Å². The van der Waals surface area contributed by atoms with Gasteiger partial charge in [-0.25, -0.2) is 8.78 Å². The quantitative estimate of drug-likeness (QED) is 0.661. The van der Waals surface area contributed by atoms with Gasteiger partial charge < -0.3 is 15.3 Å². The van der Waals surface area contributed by atoms with Gasteiger partial charge in [-0.15, -0.1) is 0 Å². The summed E-state index contributed by atoms with van der Waals surface area (Å²) in [6, 6.07) is -0.872. The van der Waals surface area contributed by atoms with Crippen molar-refractivity contribution in [2.45, 2.75) is 26.3 Å². The van der Waals surface area contributed by atoms with E-state index in [0.717, 1.165) is 4.90 Å². The van der Waals surface area contributed by atoms with Crippen LogP contribution >= 0.6 is 0 Å². The lowest BCUT2D eigenvalue weighted by Crippen LogP contribution is -2.48. The number of aliphatic hydroxyl groups is 1.